The Morgan fingerprint density at radius 3 is 2.57 bits per heavy atom. The number of rotatable bonds is 6. The molecule has 4 saturated heterocycles. The topological polar surface area (TPSA) is 127 Å². The Balaban J connectivity index is 0.000000509. The molecule has 0 spiro atoms. The van der Waals surface area contributed by atoms with Gasteiger partial charge in [-0.1, -0.05) is 0 Å². The van der Waals surface area contributed by atoms with Crippen LogP contribution in [0.25, 0.3) is 0 Å². The number of aliphatic hydroxyl groups excluding tert-OH is 1. The van der Waals surface area contributed by atoms with Crippen LogP contribution in [0.1, 0.15) is 58.8 Å². The molecular weight excluding hydrogens is 450 g/mol. The molecule has 0 aromatic heterocycles. The molecule has 2 amide bonds. The molecule has 4 aliphatic rings. The van der Waals surface area contributed by atoms with Gasteiger partial charge < -0.3 is 35.0 Å². The van der Waals surface area contributed by atoms with Crippen LogP contribution in [0.15, 0.2) is 0 Å². The fourth-order valence-corrected chi connectivity index (χ4v) is 5.74. The van der Waals surface area contributed by atoms with Gasteiger partial charge in [-0.25, -0.2) is 0 Å². The van der Waals surface area contributed by atoms with Crippen LogP contribution in [0.2, 0.25) is 0 Å². The van der Waals surface area contributed by atoms with E-state index in [1.807, 2.05) is 0 Å². The molecule has 10 nitrogen and oxygen atoms in total. The molecule has 0 saturated carbocycles. The van der Waals surface area contributed by atoms with Gasteiger partial charge in [-0.3, -0.25) is 9.59 Å². The molecule has 4 heterocycles. The maximum Gasteiger partial charge on any atom is 0.245 e. The molecule has 35 heavy (non-hydrogen) atoms. The van der Waals surface area contributed by atoms with E-state index in [1.54, 1.807) is 4.90 Å². The van der Waals surface area contributed by atoms with Crippen molar-refractivity contribution in [2.45, 2.75) is 88.2 Å². The fraction of sp³-hybridized carbons (Fsp3) is 0.880. The summed E-state index contributed by atoms with van der Waals surface area (Å²) < 4.78 is 12.5. The number of nitriles is 1. The van der Waals surface area contributed by atoms with E-state index in [2.05, 4.69) is 35.5 Å². The van der Waals surface area contributed by atoms with Crippen molar-refractivity contribution in [2.75, 3.05) is 53.0 Å². The first-order valence-corrected chi connectivity index (χ1v) is 13.0. The normalized spacial score (nSPS) is 32.2. The summed E-state index contributed by atoms with van der Waals surface area (Å²) in [4.78, 5) is 26.6. The Hall–Kier alpha value is -1.77. The van der Waals surface area contributed by atoms with E-state index in [4.69, 9.17) is 14.6 Å². The average Bonchev–Trinajstić information content (AvgIpc) is 3.47. The van der Waals surface area contributed by atoms with Crippen molar-refractivity contribution in [3.63, 3.8) is 0 Å². The van der Waals surface area contributed by atoms with Crippen molar-refractivity contribution in [3.05, 3.63) is 0 Å². The minimum Gasteiger partial charge on any atom is -0.387 e. The van der Waals surface area contributed by atoms with Crippen molar-refractivity contribution in [2.24, 2.45) is 0 Å². The number of aliphatic hydroxyl groups is 1. The van der Waals surface area contributed by atoms with Crippen LogP contribution in [0.3, 0.4) is 0 Å². The molecule has 0 aromatic rings. The summed E-state index contributed by atoms with van der Waals surface area (Å²) in [5.74, 6) is -0.290. The quantitative estimate of drug-likeness (QED) is 0.485. The van der Waals surface area contributed by atoms with E-state index in [0.29, 0.717) is 13.1 Å². The highest BCUT2D eigenvalue weighted by Crippen LogP contribution is 2.40. The van der Waals surface area contributed by atoms with Crippen molar-refractivity contribution < 1.29 is 24.2 Å². The van der Waals surface area contributed by atoms with Gasteiger partial charge in [-0.15, -0.1) is 0 Å². The second kappa shape index (κ2) is 12.5. The third-order valence-corrected chi connectivity index (χ3v) is 7.88. The zero-order valence-corrected chi connectivity index (χ0v) is 21.6. The molecule has 3 N–H and O–H groups in total. The Morgan fingerprint density at radius 2 is 1.94 bits per heavy atom. The molecule has 4 fully saturated rings. The summed E-state index contributed by atoms with van der Waals surface area (Å²) >= 11 is 0. The highest BCUT2D eigenvalue weighted by molar-refractivity contribution is 5.79. The standard InChI is InChI=1S/C22H36N4O3.C3H7NO2/c1-17-13-22(19(29-17)6-4-12-28-22)16-25-10-7-21(2,8-11-25)24-15-20(27)26-9-3-5-18(26)14-23;1-4-3(6)2-5/h17-19,24H,3-13,15-16H2,1-2H3;5H,2H2,1H3,(H,4,6). The number of likely N-dealkylation sites (N-methyl/N-ethyl adjacent to an activating group) is 1. The van der Waals surface area contributed by atoms with Crippen LogP contribution in [-0.4, -0.2) is 109 Å². The minimum absolute atomic E-state index is 0.0298. The van der Waals surface area contributed by atoms with Crippen LogP contribution in [0.5, 0.6) is 0 Å². The first-order chi connectivity index (χ1) is 16.7. The van der Waals surface area contributed by atoms with Gasteiger partial charge in [0.1, 0.15) is 18.2 Å². The number of nitrogens with one attached hydrogen (secondary N) is 2. The molecule has 4 aliphatic heterocycles. The van der Waals surface area contributed by atoms with Gasteiger partial charge in [0.25, 0.3) is 0 Å². The van der Waals surface area contributed by atoms with E-state index in [-0.39, 0.29) is 41.2 Å². The van der Waals surface area contributed by atoms with Crippen LogP contribution in [0, 0.1) is 11.3 Å². The SMILES string of the molecule is CC1CC2(CN3CCC(C)(NCC(=O)N4CCCC4C#N)CC3)OCCCC2O1.CNC(=O)CO. The molecule has 4 unspecified atom stereocenters. The lowest BCUT2D eigenvalue weighted by molar-refractivity contribution is -0.140. The van der Waals surface area contributed by atoms with Crippen molar-refractivity contribution in [3.8, 4) is 6.07 Å². The third-order valence-electron chi connectivity index (χ3n) is 7.88. The monoisotopic (exact) mass is 493 g/mol. The first kappa shape index (κ1) is 27.8. The summed E-state index contributed by atoms with van der Waals surface area (Å²) in [5.41, 5.74) is -0.158. The predicted octanol–water partition coefficient (Wildman–Crippen LogP) is 0.396. The highest BCUT2D eigenvalue weighted by Gasteiger charge is 2.51. The van der Waals surface area contributed by atoms with Gasteiger partial charge >= 0.3 is 0 Å². The second-order valence-electron chi connectivity index (χ2n) is 10.6. The first-order valence-electron chi connectivity index (χ1n) is 13.0. The fourth-order valence-electron chi connectivity index (χ4n) is 5.74. The highest BCUT2D eigenvalue weighted by atomic mass is 16.6. The number of hydrogen-bond donors (Lipinski definition) is 3. The van der Waals surface area contributed by atoms with Crippen LogP contribution >= 0.6 is 0 Å². The molecule has 4 atom stereocenters. The van der Waals surface area contributed by atoms with Crippen LogP contribution in [-0.2, 0) is 19.1 Å². The molecule has 0 aromatic carbocycles. The van der Waals surface area contributed by atoms with E-state index in [0.717, 1.165) is 71.2 Å². The van der Waals surface area contributed by atoms with Gasteiger partial charge in [0.15, 0.2) is 0 Å². The maximum atomic E-state index is 12.6. The van der Waals surface area contributed by atoms with E-state index >= 15 is 0 Å². The lowest BCUT2D eigenvalue weighted by Gasteiger charge is -2.45. The molecular formula is C25H43N5O5. The summed E-state index contributed by atoms with van der Waals surface area (Å²) in [5, 5.41) is 22.9. The number of ether oxygens (including phenoxy) is 2. The van der Waals surface area contributed by atoms with E-state index in [1.165, 1.54) is 7.05 Å². The number of fused-ring (bicyclic) bond motifs is 1. The Bertz CT molecular complexity index is 760. The Labute approximate surface area is 209 Å². The lowest BCUT2D eigenvalue weighted by atomic mass is 9.85. The van der Waals surface area contributed by atoms with Crippen molar-refractivity contribution in [1.82, 2.24) is 20.4 Å². The van der Waals surface area contributed by atoms with Crippen LogP contribution in [0.4, 0.5) is 0 Å². The summed E-state index contributed by atoms with van der Waals surface area (Å²) in [6, 6.07) is 2.02. The Kier molecular flexibility index (Phi) is 9.90. The number of nitrogens with zero attached hydrogens (tertiary/aromatic N) is 3. The Morgan fingerprint density at radius 1 is 1.20 bits per heavy atom. The van der Waals surface area contributed by atoms with Crippen molar-refractivity contribution >= 4 is 11.8 Å². The lowest BCUT2D eigenvalue weighted by Crippen LogP contribution is -2.58. The molecule has 0 radical (unpaired) electrons. The van der Waals surface area contributed by atoms with Crippen molar-refractivity contribution in [1.29, 1.82) is 5.26 Å². The number of carbonyl (C=O) groups is 2. The minimum atomic E-state index is -0.420. The average molecular weight is 494 g/mol. The number of likely N-dealkylation sites (tertiary alicyclic amines) is 2. The van der Waals surface area contributed by atoms with Crippen LogP contribution < -0.4 is 10.6 Å². The summed E-state index contributed by atoms with van der Waals surface area (Å²) in [6.07, 6.45) is 7.49. The van der Waals surface area contributed by atoms with Gasteiger partial charge in [-0.2, -0.15) is 5.26 Å². The molecule has 198 valence electrons. The summed E-state index contributed by atoms with van der Waals surface area (Å²) in [7, 11) is 1.47. The van der Waals surface area contributed by atoms with Gasteiger partial charge in [0, 0.05) is 38.7 Å². The number of amides is 2. The van der Waals surface area contributed by atoms with Gasteiger partial charge in [0.05, 0.1) is 24.8 Å². The zero-order chi connectivity index (χ0) is 25.5. The number of hydrogen-bond acceptors (Lipinski definition) is 8. The second-order valence-corrected chi connectivity index (χ2v) is 10.6. The summed E-state index contributed by atoms with van der Waals surface area (Å²) in [6.45, 7) is 8.83. The number of piperidine rings is 1. The number of carbonyl (C=O) groups excluding carboxylic acids is 2. The maximum absolute atomic E-state index is 12.6. The van der Waals surface area contributed by atoms with Gasteiger partial charge in [0.2, 0.25) is 11.8 Å². The van der Waals surface area contributed by atoms with E-state index < -0.39 is 6.61 Å². The zero-order valence-electron chi connectivity index (χ0n) is 21.6. The molecule has 0 aliphatic carbocycles. The predicted molar refractivity (Wildman–Crippen MR) is 130 cm³/mol. The van der Waals surface area contributed by atoms with Gasteiger partial charge in [-0.05, 0) is 65.5 Å². The molecule has 4 rings (SSSR count). The third kappa shape index (κ3) is 7.14. The largest absolute Gasteiger partial charge is 0.387 e. The molecule has 0 bridgehead atoms. The van der Waals surface area contributed by atoms with E-state index in [9.17, 15) is 14.9 Å². The smallest absolute Gasteiger partial charge is 0.245 e. The molecule has 10 heteroatoms.